The molecule has 1 N–H and O–H groups in total. The van der Waals surface area contributed by atoms with Crippen LogP contribution in [-0.4, -0.2) is 29.6 Å². The van der Waals surface area contributed by atoms with Crippen molar-refractivity contribution < 1.29 is 19.4 Å². The number of rotatable bonds is 2. The van der Waals surface area contributed by atoms with Crippen LogP contribution in [0.3, 0.4) is 0 Å². The molecular weight excluding hydrogens is 304 g/mol. The number of esters is 1. The van der Waals surface area contributed by atoms with E-state index in [1.165, 1.54) is 0 Å². The largest absolute Gasteiger partial charge is 0.462 e. The molecule has 2 saturated carbocycles. The zero-order valence-corrected chi connectivity index (χ0v) is 14.9. The standard InChI is InChI=1S/C20H28O4/c1-12-14(7-6-13-8-11-24-18(13)23)20(4)10-5-9-19(2,3)17(20)16(22)15(12)21/h6,14-15,17,21H,1,5,7-11H2,2-4H3/b13-6-/t14-,15+,17?,20+/m0/s1. The van der Waals surface area contributed by atoms with Crippen molar-refractivity contribution in [2.75, 3.05) is 6.61 Å². The number of hydrogen-bond acceptors (Lipinski definition) is 4. The van der Waals surface area contributed by atoms with E-state index < -0.39 is 6.10 Å². The lowest BCUT2D eigenvalue weighted by atomic mass is 9.46. The molecule has 1 aliphatic heterocycles. The molecule has 3 rings (SSSR count). The van der Waals surface area contributed by atoms with Gasteiger partial charge >= 0.3 is 5.97 Å². The highest BCUT2D eigenvalue weighted by Crippen LogP contribution is 2.60. The molecule has 0 radical (unpaired) electrons. The van der Waals surface area contributed by atoms with Crippen molar-refractivity contribution in [1.29, 1.82) is 0 Å². The Morgan fingerprint density at radius 1 is 1.29 bits per heavy atom. The SMILES string of the molecule is C=C1[C@@H](O)C(=O)C2C(C)(C)CCC[C@]2(C)[C@H]1C/C=C1/CCOC1=O. The van der Waals surface area contributed by atoms with Crippen LogP contribution >= 0.6 is 0 Å². The Labute approximate surface area is 144 Å². The van der Waals surface area contributed by atoms with Crippen LogP contribution in [-0.2, 0) is 14.3 Å². The number of ketones is 1. The maximum absolute atomic E-state index is 12.8. The summed E-state index contributed by atoms with van der Waals surface area (Å²) in [6.07, 6.45) is 5.17. The minimum absolute atomic E-state index is 0.00988. The van der Waals surface area contributed by atoms with Crippen LogP contribution in [0.2, 0.25) is 0 Å². The summed E-state index contributed by atoms with van der Waals surface area (Å²) in [4.78, 5) is 24.5. The van der Waals surface area contributed by atoms with Crippen LogP contribution in [0.4, 0.5) is 0 Å². The summed E-state index contributed by atoms with van der Waals surface area (Å²) in [6, 6.07) is 0. The Bertz CT molecular complexity index is 615. The molecule has 0 aromatic carbocycles. The third kappa shape index (κ3) is 2.55. The number of cyclic esters (lactones) is 1. The van der Waals surface area contributed by atoms with Gasteiger partial charge in [-0.25, -0.2) is 4.79 Å². The highest BCUT2D eigenvalue weighted by Gasteiger charge is 2.59. The first-order chi connectivity index (χ1) is 11.2. The van der Waals surface area contributed by atoms with Gasteiger partial charge in [-0.15, -0.1) is 0 Å². The second-order valence-corrected chi connectivity index (χ2v) is 8.56. The average Bonchev–Trinajstić information content (AvgIpc) is 2.89. The first-order valence-electron chi connectivity index (χ1n) is 8.95. The molecular formula is C20H28O4. The van der Waals surface area contributed by atoms with Crippen molar-refractivity contribution in [3.8, 4) is 0 Å². The predicted octanol–water partition coefficient (Wildman–Crippen LogP) is 3.20. The fourth-order valence-corrected chi connectivity index (χ4v) is 5.46. The van der Waals surface area contributed by atoms with E-state index in [1.54, 1.807) is 0 Å². The van der Waals surface area contributed by atoms with Gasteiger partial charge in [-0.1, -0.05) is 39.8 Å². The Morgan fingerprint density at radius 2 is 2.00 bits per heavy atom. The van der Waals surface area contributed by atoms with Crippen molar-refractivity contribution in [2.45, 2.75) is 59.0 Å². The van der Waals surface area contributed by atoms with Gasteiger partial charge in [-0.05, 0) is 41.6 Å². The third-order valence-corrected chi connectivity index (χ3v) is 6.59. The molecule has 1 unspecified atom stereocenters. The number of allylic oxidation sites excluding steroid dienone is 1. The van der Waals surface area contributed by atoms with Crippen molar-refractivity contribution >= 4 is 11.8 Å². The number of carbonyl (C=O) groups is 2. The quantitative estimate of drug-likeness (QED) is 0.479. The van der Waals surface area contributed by atoms with E-state index in [2.05, 4.69) is 27.4 Å². The monoisotopic (exact) mass is 332 g/mol. The van der Waals surface area contributed by atoms with Gasteiger partial charge < -0.3 is 9.84 Å². The van der Waals surface area contributed by atoms with Crippen LogP contribution < -0.4 is 0 Å². The number of aliphatic hydroxyl groups excluding tert-OH is 1. The number of aliphatic hydroxyl groups is 1. The normalized spacial score (nSPS) is 40.6. The lowest BCUT2D eigenvalue weighted by Gasteiger charge is -2.57. The summed E-state index contributed by atoms with van der Waals surface area (Å²) >= 11 is 0. The second kappa shape index (κ2) is 5.83. The minimum atomic E-state index is -1.08. The first kappa shape index (κ1) is 17.4. The van der Waals surface area contributed by atoms with Crippen molar-refractivity contribution in [1.82, 2.24) is 0 Å². The zero-order valence-electron chi connectivity index (χ0n) is 14.9. The van der Waals surface area contributed by atoms with Gasteiger partial charge in [0.25, 0.3) is 0 Å². The van der Waals surface area contributed by atoms with Gasteiger partial charge in [0.05, 0.1) is 6.61 Å². The molecule has 4 nitrogen and oxygen atoms in total. The van der Waals surface area contributed by atoms with Gasteiger partial charge in [0, 0.05) is 17.9 Å². The Kier molecular flexibility index (Phi) is 4.23. The highest BCUT2D eigenvalue weighted by molar-refractivity contribution is 5.91. The van der Waals surface area contributed by atoms with E-state index in [0.717, 1.165) is 19.3 Å². The average molecular weight is 332 g/mol. The van der Waals surface area contributed by atoms with Crippen molar-refractivity contribution in [2.24, 2.45) is 22.7 Å². The van der Waals surface area contributed by atoms with Crippen LogP contribution in [0.5, 0.6) is 0 Å². The number of Topliss-reactive ketones (excluding diaryl/α,β-unsaturated/α-hetero) is 1. The molecule has 0 aromatic rings. The Morgan fingerprint density at radius 3 is 2.62 bits per heavy atom. The summed E-state index contributed by atoms with van der Waals surface area (Å²) < 4.78 is 5.00. The summed E-state index contributed by atoms with van der Waals surface area (Å²) in [5.74, 6) is -0.469. The molecule has 0 spiro atoms. The number of hydrogen-bond donors (Lipinski definition) is 1. The first-order valence-corrected chi connectivity index (χ1v) is 8.95. The van der Waals surface area contributed by atoms with E-state index in [4.69, 9.17) is 4.74 Å². The molecule has 2 aliphatic carbocycles. The van der Waals surface area contributed by atoms with E-state index in [1.807, 2.05) is 6.08 Å². The fourth-order valence-electron chi connectivity index (χ4n) is 5.46. The van der Waals surface area contributed by atoms with Crippen LogP contribution in [0.1, 0.15) is 52.9 Å². The predicted molar refractivity (Wildman–Crippen MR) is 91.1 cm³/mol. The maximum atomic E-state index is 12.8. The minimum Gasteiger partial charge on any atom is -0.462 e. The van der Waals surface area contributed by atoms with Gasteiger partial charge in [-0.2, -0.15) is 0 Å². The molecule has 0 amide bonds. The summed E-state index contributed by atoms with van der Waals surface area (Å²) in [5.41, 5.74) is 0.988. The fraction of sp³-hybridized carbons (Fsp3) is 0.700. The lowest BCUT2D eigenvalue weighted by molar-refractivity contribution is -0.153. The van der Waals surface area contributed by atoms with Gasteiger partial charge in [0.15, 0.2) is 5.78 Å². The Hall–Kier alpha value is -1.42. The molecule has 3 aliphatic rings. The number of fused-ring (bicyclic) bond motifs is 1. The van der Waals surface area contributed by atoms with Gasteiger partial charge in [-0.3, -0.25) is 4.79 Å². The van der Waals surface area contributed by atoms with E-state index >= 15 is 0 Å². The molecule has 0 bridgehead atoms. The molecule has 4 atom stereocenters. The molecule has 4 heteroatoms. The smallest absolute Gasteiger partial charge is 0.333 e. The summed E-state index contributed by atoms with van der Waals surface area (Å²) in [5, 5.41) is 10.5. The van der Waals surface area contributed by atoms with E-state index in [0.29, 0.717) is 30.6 Å². The van der Waals surface area contributed by atoms with E-state index in [-0.39, 0.29) is 34.4 Å². The van der Waals surface area contributed by atoms with Crippen LogP contribution in [0, 0.1) is 22.7 Å². The topological polar surface area (TPSA) is 63.6 Å². The molecule has 1 saturated heterocycles. The van der Waals surface area contributed by atoms with Crippen molar-refractivity contribution in [3.63, 3.8) is 0 Å². The molecule has 0 aromatic heterocycles. The molecule has 3 fully saturated rings. The highest BCUT2D eigenvalue weighted by atomic mass is 16.5. The Balaban J connectivity index is 1.95. The van der Waals surface area contributed by atoms with E-state index in [9.17, 15) is 14.7 Å². The van der Waals surface area contributed by atoms with Gasteiger partial charge in [0.2, 0.25) is 0 Å². The number of carbonyl (C=O) groups excluding carboxylic acids is 2. The van der Waals surface area contributed by atoms with Crippen LogP contribution in [0.15, 0.2) is 23.8 Å². The number of ether oxygens (including phenoxy) is 1. The maximum Gasteiger partial charge on any atom is 0.333 e. The zero-order chi connectivity index (χ0) is 17.7. The lowest BCUT2D eigenvalue weighted by Crippen LogP contribution is -2.58. The second-order valence-electron chi connectivity index (χ2n) is 8.56. The van der Waals surface area contributed by atoms with Gasteiger partial charge in [0.1, 0.15) is 6.10 Å². The molecule has 132 valence electrons. The van der Waals surface area contributed by atoms with Crippen LogP contribution in [0.25, 0.3) is 0 Å². The van der Waals surface area contributed by atoms with Crippen molar-refractivity contribution in [3.05, 3.63) is 23.8 Å². The summed E-state index contributed by atoms with van der Waals surface area (Å²) in [7, 11) is 0. The molecule has 1 heterocycles. The third-order valence-electron chi connectivity index (χ3n) is 6.59. The summed E-state index contributed by atoms with van der Waals surface area (Å²) in [6.45, 7) is 11.0. The molecule has 24 heavy (non-hydrogen) atoms.